The Hall–Kier alpha value is 0.217. The first kappa shape index (κ1) is 11.2. The SMILES string of the molecule is CCCCC(C)([SiH3])CCCC. The minimum absolute atomic E-state index is 0.742. The lowest BCUT2D eigenvalue weighted by atomic mass is 9.97. The molecular weight excluding hydrogens is 148 g/mol. The second kappa shape index (κ2) is 5.82. The molecule has 0 aliphatic carbocycles. The van der Waals surface area contributed by atoms with Crippen molar-refractivity contribution in [1.82, 2.24) is 0 Å². The van der Waals surface area contributed by atoms with Gasteiger partial charge in [0.1, 0.15) is 0 Å². The Labute approximate surface area is 75.2 Å². The Morgan fingerprint density at radius 2 is 1.36 bits per heavy atom. The van der Waals surface area contributed by atoms with Crippen LogP contribution >= 0.6 is 0 Å². The molecule has 68 valence electrons. The predicted octanol–water partition coefficient (Wildman–Crippen LogP) is 2.91. The Kier molecular flexibility index (Phi) is 5.93. The van der Waals surface area contributed by atoms with Crippen molar-refractivity contribution in [3.05, 3.63) is 0 Å². The summed E-state index contributed by atoms with van der Waals surface area (Å²) in [6.45, 7) is 7.04. The fraction of sp³-hybridized carbons (Fsp3) is 1.00. The summed E-state index contributed by atoms with van der Waals surface area (Å²) in [5.74, 6) is 0. The number of hydrogen-bond donors (Lipinski definition) is 0. The van der Waals surface area contributed by atoms with Crippen LogP contribution in [0.25, 0.3) is 0 Å². The minimum atomic E-state index is 0.742. The fourth-order valence-corrected chi connectivity index (χ4v) is 2.14. The van der Waals surface area contributed by atoms with E-state index < -0.39 is 0 Å². The van der Waals surface area contributed by atoms with Crippen molar-refractivity contribution < 1.29 is 0 Å². The van der Waals surface area contributed by atoms with Crippen LogP contribution < -0.4 is 0 Å². The molecule has 0 bridgehead atoms. The summed E-state index contributed by atoms with van der Waals surface area (Å²) in [6, 6.07) is 0. The highest BCUT2D eigenvalue weighted by Crippen LogP contribution is 2.33. The highest BCUT2D eigenvalue weighted by Gasteiger charge is 2.15. The molecule has 0 atom stereocenters. The van der Waals surface area contributed by atoms with Crippen LogP contribution in [0.2, 0.25) is 5.04 Å². The van der Waals surface area contributed by atoms with Crippen LogP contribution in [-0.2, 0) is 0 Å². The molecule has 0 spiro atoms. The van der Waals surface area contributed by atoms with E-state index in [0.717, 1.165) is 5.04 Å². The summed E-state index contributed by atoms with van der Waals surface area (Å²) in [5.41, 5.74) is 0. The average molecular weight is 172 g/mol. The van der Waals surface area contributed by atoms with Crippen molar-refractivity contribution in [2.75, 3.05) is 0 Å². The molecule has 0 aromatic rings. The first-order valence-electron chi connectivity index (χ1n) is 5.12. The zero-order valence-corrected chi connectivity index (χ0v) is 10.7. The van der Waals surface area contributed by atoms with Crippen LogP contribution in [0.1, 0.15) is 59.3 Å². The molecule has 0 saturated heterocycles. The van der Waals surface area contributed by atoms with Gasteiger partial charge < -0.3 is 0 Å². The fourth-order valence-electron chi connectivity index (χ4n) is 1.44. The molecule has 0 rings (SSSR count). The van der Waals surface area contributed by atoms with Crippen molar-refractivity contribution in [3.8, 4) is 0 Å². The van der Waals surface area contributed by atoms with Crippen LogP contribution in [-0.4, -0.2) is 10.2 Å². The highest BCUT2D eigenvalue weighted by atomic mass is 28.1. The minimum Gasteiger partial charge on any atom is -0.0654 e. The van der Waals surface area contributed by atoms with Crippen LogP contribution in [0, 0.1) is 0 Å². The zero-order valence-electron chi connectivity index (χ0n) is 8.74. The summed E-state index contributed by atoms with van der Waals surface area (Å²) in [4.78, 5) is 0. The van der Waals surface area contributed by atoms with Crippen molar-refractivity contribution in [3.63, 3.8) is 0 Å². The molecule has 0 N–H and O–H groups in total. The van der Waals surface area contributed by atoms with E-state index in [0.29, 0.717) is 0 Å². The molecule has 0 aromatic carbocycles. The molecule has 0 amide bonds. The third kappa shape index (κ3) is 6.61. The van der Waals surface area contributed by atoms with E-state index in [1.165, 1.54) is 48.8 Å². The summed E-state index contributed by atoms with van der Waals surface area (Å²) < 4.78 is 0. The van der Waals surface area contributed by atoms with Crippen molar-refractivity contribution in [2.24, 2.45) is 0 Å². The molecule has 0 aliphatic heterocycles. The van der Waals surface area contributed by atoms with Crippen LogP contribution in [0.5, 0.6) is 0 Å². The topological polar surface area (TPSA) is 0 Å². The van der Waals surface area contributed by atoms with Crippen LogP contribution in [0.3, 0.4) is 0 Å². The Morgan fingerprint density at radius 1 is 1.00 bits per heavy atom. The Bertz CT molecular complexity index is 76.9. The molecule has 0 saturated carbocycles. The molecule has 0 fully saturated rings. The molecule has 0 nitrogen and oxygen atoms in total. The Morgan fingerprint density at radius 3 is 1.64 bits per heavy atom. The third-order valence-corrected chi connectivity index (χ3v) is 3.41. The van der Waals surface area contributed by atoms with Gasteiger partial charge in [-0.05, 0) is 5.04 Å². The summed E-state index contributed by atoms with van der Waals surface area (Å²) in [6.07, 6.45) is 8.53. The molecule has 11 heavy (non-hydrogen) atoms. The third-order valence-electron chi connectivity index (χ3n) is 2.41. The second-order valence-corrected chi connectivity index (χ2v) is 6.79. The second-order valence-electron chi connectivity index (χ2n) is 4.37. The maximum Gasteiger partial charge on any atom is 0.0103 e. The van der Waals surface area contributed by atoms with Gasteiger partial charge in [0.05, 0.1) is 0 Å². The molecule has 0 aromatic heterocycles. The molecule has 0 unspecified atom stereocenters. The first-order valence-corrected chi connectivity index (χ1v) is 6.12. The Balaban J connectivity index is 3.43. The van der Waals surface area contributed by atoms with Crippen LogP contribution in [0.4, 0.5) is 0 Å². The number of rotatable bonds is 6. The first-order chi connectivity index (χ1) is 5.12. The largest absolute Gasteiger partial charge is 0.0654 e. The van der Waals surface area contributed by atoms with Crippen molar-refractivity contribution >= 4 is 10.2 Å². The number of hydrogen-bond acceptors (Lipinski definition) is 0. The summed E-state index contributed by atoms with van der Waals surface area (Å²) >= 11 is 0. The highest BCUT2D eigenvalue weighted by molar-refractivity contribution is 6.14. The van der Waals surface area contributed by atoms with Gasteiger partial charge in [-0.1, -0.05) is 59.3 Å². The van der Waals surface area contributed by atoms with Gasteiger partial charge in [0.15, 0.2) is 0 Å². The lowest BCUT2D eigenvalue weighted by molar-refractivity contribution is 0.476. The smallest absolute Gasteiger partial charge is 0.0103 e. The van der Waals surface area contributed by atoms with Crippen molar-refractivity contribution in [2.45, 2.75) is 64.3 Å². The molecule has 0 aliphatic rings. The van der Waals surface area contributed by atoms with E-state index in [-0.39, 0.29) is 0 Å². The predicted molar refractivity (Wildman–Crippen MR) is 57.4 cm³/mol. The van der Waals surface area contributed by atoms with Gasteiger partial charge in [-0.25, -0.2) is 0 Å². The molecule has 1 heteroatoms. The maximum absolute atomic E-state index is 2.46. The van der Waals surface area contributed by atoms with Gasteiger partial charge in [-0.15, -0.1) is 0 Å². The average Bonchev–Trinajstić information content (AvgIpc) is 1.97. The van der Waals surface area contributed by atoms with Gasteiger partial charge in [0.2, 0.25) is 0 Å². The lowest BCUT2D eigenvalue weighted by Gasteiger charge is -2.23. The van der Waals surface area contributed by atoms with Gasteiger partial charge in [-0.3, -0.25) is 0 Å². The molecular formula is C10H24Si. The summed E-state index contributed by atoms with van der Waals surface area (Å²) in [7, 11) is 1.38. The van der Waals surface area contributed by atoms with E-state index in [1.54, 1.807) is 0 Å². The van der Waals surface area contributed by atoms with E-state index in [4.69, 9.17) is 0 Å². The quantitative estimate of drug-likeness (QED) is 0.540. The lowest BCUT2D eigenvalue weighted by Crippen LogP contribution is -2.07. The van der Waals surface area contributed by atoms with Crippen LogP contribution in [0.15, 0.2) is 0 Å². The standard InChI is InChI=1S/C10H24Si/c1-4-6-8-10(3,11)9-7-5-2/h4-9H2,1-3,11H3. The zero-order chi connectivity index (χ0) is 8.74. The van der Waals surface area contributed by atoms with E-state index >= 15 is 0 Å². The van der Waals surface area contributed by atoms with Crippen molar-refractivity contribution in [1.29, 1.82) is 0 Å². The number of unbranched alkanes of at least 4 members (excludes halogenated alkanes) is 2. The van der Waals surface area contributed by atoms with E-state index in [9.17, 15) is 0 Å². The summed E-state index contributed by atoms with van der Waals surface area (Å²) in [5, 5.41) is 0.742. The molecule has 0 heterocycles. The van der Waals surface area contributed by atoms with Gasteiger partial charge in [-0.2, -0.15) is 0 Å². The van der Waals surface area contributed by atoms with Gasteiger partial charge in [0, 0.05) is 10.2 Å². The van der Waals surface area contributed by atoms with Gasteiger partial charge in [0.25, 0.3) is 0 Å². The molecule has 0 radical (unpaired) electrons. The monoisotopic (exact) mass is 172 g/mol. The van der Waals surface area contributed by atoms with E-state index in [2.05, 4.69) is 20.8 Å². The van der Waals surface area contributed by atoms with Gasteiger partial charge >= 0.3 is 0 Å². The van der Waals surface area contributed by atoms with E-state index in [1.807, 2.05) is 0 Å². The maximum atomic E-state index is 2.46. The normalized spacial score (nSPS) is 12.3.